The molecule has 4 aromatic rings. The molecule has 0 spiro atoms. The van der Waals surface area contributed by atoms with Crippen LogP contribution in [0.1, 0.15) is 25.5 Å². The second kappa shape index (κ2) is 6.38. The Morgan fingerprint density at radius 2 is 1.92 bits per heavy atom. The Morgan fingerprint density at radius 1 is 1.12 bits per heavy atom. The lowest BCUT2D eigenvalue weighted by Crippen LogP contribution is -2.28. The third kappa shape index (κ3) is 2.68. The number of fused-ring (bicyclic) bond motifs is 2. The van der Waals surface area contributed by atoms with E-state index in [2.05, 4.69) is 68.3 Å². The number of nitrogens with two attached hydrogens (primary N) is 2. The molecule has 7 nitrogen and oxygen atoms in total. The van der Waals surface area contributed by atoms with Crippen molar-refractivity contribution in [1.82, 2.24) is 19.9 Å². The molecule has 0 aliphatic heterocycles. The largest absolute Gasteiger partial charge is 0.383 e. The van der Waals surface area contributed by atoms with Crippen molar-refractivity contribution in [3.8, 4) is 0 Å². The topological polar surface area (TPSA) is 107 Å². The lowest BCUT2D eigenvalue weighted by molar-refractivity contribution is 0.675. The van der Waals surface area contributed by atoms with Gasteiger partial charge in [-0.3, -0.25) is 0 Å². The molecule has 0 bridgehead atoms. The molecule has 0 fully saturated rings. The second-order valence-electron chi connectivity index (χ2n) is 6.02. The highest BCUT2D eigenvalue weighted by Gasteiger charge is 2.21. The molecule has 0 unspecified atom stereocenters. The van der Waals surface area contributed by atoms with E-state index in [1.54, 1.807) is 17.5 Å². The van der Waals surface area contributed by atoms with Crippen molar-refractivity contribution in [2.45, 2.75) is 19.9 Å². The summed E-state index contributed by atoms with van der Waals surface area (Å²) in [6.07, 6.45) is 1.66. The zero-order valence-electron chi connectivity index (χ0n) is 14.5. The molecule has 0 aliphatic carbocycles. The number of aromatic nitrogens is 4. The maximum Gasteiger partial charge on any atom is 0.227 e. The van der Waals surface area contributed by atoms with Crippen LogP contribution in [-0.4, -0.2) is 26.5 Å². The number of nitrogen functional groups attached to an aromatic ring is 2. The molecular formula is C18H19N7S. The van der Waals surface area contributed by atoms with Crippen molar-refractivity contribution in [1.29, 1.82) is 0 Å². The van der Waals surface area contributed by atoms with Crippen molar-refractivity contribution in [3.63, 3.8) is 0 Å². The van der Waals surface area contributed by atoms with E-state index < -0.39 is 0 Å². The highest BCUT2D eigenvalue weighted by molar-refractivity contribution is 7.17. The van der Waals surface area contributed by atoms with Crippen molar-refractivity contribution >= 4 is 50.2 Å². The standard InChI is InChI=1S/C18H19N7S/c1-3-25(10(2)13-9-26-14-7-5-4-6-11(13)14)18-21-8-12-15(19)22-17(20)23-16(12)24-18/h4-10H,3H2,1-2H3,(H4,19,20,21,22,23,24)/t10-/m1/s1. The minimum Gasteiger partial charge on any atom is -0.383 e. The smallest absolute Gasteiger partial charge is 0.227 e. The van der Waals surface area contributed by atoms with Gasteiger partial charge in [0.25, 0.3) is 0 Å². The molecule has 0 saturated carbocycles. The predicted molar refractivity (Wildman–Crippen MR) is 107 cm³/mol. The van der Waals surface area contributed by atoms with Gasteiger partial charge in [0.1, 0.15) is 5.82 Å². The maximum absolute atomic E-state index is 5.89. The summed E-state index contributed by atoms with van der Waals surface area (Å²) in [5.74, 6) is 0.999. The summed E-state index contributed by atoms with van der Waals surface area (Å²) >= 11 is 1.75. The van der Waals surface area contributed by atoms with Crippen LogP contribution in [0.2, 0.25) is 0 Å². The first kappa shape index (κ1) is 16.5. The van der Waals surface area contributed by atoms with Gasteiger partial charge in [-0.05, 0) is 36.2 Å². The lowest BCUT2D eigenvalue weighted by atomic mass is 10.1. The Balaban J connectivity index is 1.78. The van der Waals surface area contributed by atoms with Crippen LogP contribution in [0.3, 0.4) is 0 Å². The number of rotatable bonds is 4. The van der Waals surface area contributed by atoms with Crippen LogP contribution in [0.4, 0.5) is 17.7 Å². The van der Waals surface area contributed by atoms with Crippen molar-refractivity contribution in [3.05, 3.63) is 41.4 Å². The van der Waals surface area contributed by atoms with Crippen LogP contribution in [0.25, 0.3) is 21.1 Å². The summed E-state index contributed by atoms with van der Waals surface area (Å²) in [4.78, 5) is 19.4. The molecule has 4 N–H and O–H groups in total. The highest BCUT2D eigenvalue weighted by atomic mass is 32.1. The van der Waals surface area contributed by atoms with Crippen LogP contribution in [-0.2, 0) is 0 Å². The molecule has 0 amide bonds. The van der Waals surface area contributed by atoms with E-state index in [9.17, 15) is 0 Å². The van der Waals surface area contributed by atoms with E-state index in [-0.39, 0.29) is 12.0 Å². The first-order valence-corrected chi connectivity index (χ1v) is 9.25. The normalized spacial score (nSPS) is 12.5. The van der Waals surface area contributed by atoms with Gasteiger partial charge in [0.05, 0.1) is 11.4 Å². The molecule has 1 aromatic carbocycles. The molecule has 132 valence electrons. The minimum atomic E-state index is 0.111. The number of hydrogen-bond acceptors (Lipinski definition) is 8. The SMILES string of the molecule is CCN(c1ncc2c(N)nc(N)nc2n1)[C@H](C)c1csc2ccccc12. The fraction of sp³-hybridized carbons (Fsp3) is 0.222. The van der Waals surface area contributed by atoms with Crippen molar-refractivity contribution in [2.75, 3.05) is 22.9 Å². The lowest BCUT2D eigenvalue weighted by Gasteiger charge is -2.28. The third-order valence-electron chi connectivity index (χ3n) is 4.51. The van der Waals surface area contributed by atoms with Crippen LogP contribution < -0.4 is 16.4 Å². The van der Waals surface area contributed by atoms with Crippen molar-refractivity contribution in [2.24, 2.45) is 0 Å². The molecule has 3 aromatic heterocycles. The van der Waals surface area contributed by atoms with Gasteiger partial charge in [0, 0.05) is 17.4 Å². The van der Waals surface area contributed by atoms with Crippen LogP contribution in [0.15, 0.2) is 35.8 Å². The number of hydrogen-bond donors (Lipinski definition) is 2. The van der Waals surface area contributed by atoms with E-state index in [0.29, 0.717) is 22.8 Å². The van der Waals surface area contributed by atoms with Gasteiger partial charge < -0.3 is 16.4 Å². The van der Waals surface area contributed by atoms with Crippen molar-refractivity contribution < 1.29 is 0 Å². The summed E-state index contributed by atoms with van der Waals surface area (Å²) in [5.41, 5.74) is 13.3. The van der Waals surface area contributed by atoms with Gasteiger partial charge in [-0.2, -0.15) is 15.0 Å². The number of nitrogens with zero attached hydrogens (tertiary/aromatic N) is 5. The monoisotopic (exact) mass is 365 g/mol. The molecule has 3 heterocycles. The Kier molecular flexibility index (Phi) is 4.04. The average molecular weight is 365 g/mol. The Bertz CT molecular complexity index is 1090. The van der Waals surface area contributed by atoms with E-state index in [0.717, 1.165) is 6.54 Å². The fourth-order valence-electron chi connectivity index (χ4n) is 3.16. The molecule has 1 atom stereocenters. The van der Waals surface area contributed by atoms with Gasteiger partial charge in [-0.15, -0.1) is 11.3 Å². The first-order chi connectivity index (χ1) is 12.6. The van der Waals surface area contributed by atoms with Gasteiger partial charge >= 0.3 is 0 Å². The Hall–Kier alpha value is -3.00. The van der Waals surface area contributed by atoms with Gasteiger partial charge in [0.15, 0.2) is 5.65 Å². The van der Waals surface area contributed by atoms with Gasteiger partial charge in [0.2, 0.25) is 11.9 Å². The average Bonchev–Trinajstić information content (AvgIpc) is 3.06. The summed E-state index contributed by atoms with van der Waals surface area (Å²) in [6, 6.07) is 8.54. The molecule has 0 saturated heterocycles. The van der Waals surface area contributed by atoms with E-state index in [4.69, 9.17) is 11.5 Å². The molecular weight excluding hydrogens is 346 g/mol. The van der Waals surface area contributed by atoms with Gasteiger partial charge in [-0.25, -0.2) is 4.98 Å². The van der Waals surface area contributed by atoms with E-state index >= 15 is 0 Å². The van der Waals surface area contributed by atoms with Gasteiger partial charge in [-0.1, -0.05) is 18.2 Å². The van der Waals surface area contributed by atoms with E-state index in [1.165, 1.54) is 15.6 Å². The molecule has 0 radical (unpaired) electrons. The zero-order chi connectivity index (χ0) is 18.3. The second-order valence-corrected chi connectivity index (χ2v) is 6.93. The number of benzene rings is 1. The molecule has 8 heteroatoms. The Morgan fingerprint density at radius 3 is 2.73 bits per heavy atom. The summed E-state index contributed by atoms with van der Waals surface area (Å²) in [6.45, 7) is 5.00. The molecule has 0 aliphatic rings. The summed E-state index contributed by atoms with van der Waals surface area (Å²) in [7, 11) is 0. The third-order valence-corrected chi connectivity index (χ3v) is 5.50. The molecule has 4 rings (SSSR count). The fourth-order valence-corrected chi connectivity index (χ4v) is 4.21. The molecule has 26 heavy (non-hydrogen) atoms. The maximum atomic E-state index is 5.89. The highest BCUT2D eigenvalue weighted by Crippen LogP contribution is 2.34. The minimum absolute atomic E-state index is 0.111. The first-order valence-electron chi connectivity index (χ1n) is 8.37. The van der Waals surface area contributed by atoms with E-state index in [1.807, 2.05) is 0 Å². The number of anilines is 3. The van der Waals surface area contributed by atoms with Crippen LogP contribution in [0.5, 0.6) is 0 Å². The summed E-state index contributed by atoms with van der Waals surface area (Å²) in [5, 5.41) is 4.07. The van der Waals surface area contributed by atoms with Crippen LogP contribution in [0, 0.1) is 0 Å². The van der Waals surface area contributed by atoms with Crippen LogP contribution >= 0.6 is 11.3 Å². The quantitative estimate of drug-likeness (QED) is 0.571. The zero-order valence-corrected chi connectivity index (χ0v) is 15.4. The summed E-state index contributed by atoms with van der Waals surface area (Å²) < 4.78 is 1.28. The number of thiophene rings is 1. The predicted octanol–water partition coefficient (Wildman–Crippen LogP) is 3.39. The Labute approximate surface area is 154 Å².